The van der Waals surface area contributed by atoms with Gasteiger partial charge >= 0.3 is 5.97 Å². The average Bonchev–Trinajstić information content (AvgIpc) is 2.77. The molecule has 2 aromatic heterocycles. The van der Waals surface area contributed by atoms with E-state index < -0.39 is 5.97 Å². The molecule has 9 heteroatoms. The first-order valence-corrected chi connectivity index (χ1v) is 5.39. The minimum absolute atomic E-state index is 0.202. The SMILES string of the molecule is Cn1nnnc1Sc1ncc(C(=O)O)s1. The van der Waals surface area contributed by atoms with E-state index in [1.165, 1.54) is 22.6 Å². The van der Waals surface area contributed by atoms with Gasteiger partial charge in [-0.2, -0.15) is 0 Å². The Morgan fingerprint density at radius 1 is 1.67 bits per heavy atom. The summed E-state index contributed by atoms with van der Waals surface area (Å²) >= 11 is 2.32. The number of nitrogens with zero attached hydrogens (tertiary/aromatic N) is 5. The molecule has 0 bridgehead atoms. The van der Waals surface area contributed by atoms with Gasteiger partial charge in [-0.05, 0) is 22.2 Å². The summed E-state index contributed by atoms with van der Waals surface area (Å²) in [7, 11) is 1.70. The molecule has 0 amide bonds. The molecular formula is C6H5N5O2S2. The van der Waals surface area contributed by atoms with Gasteiger partial charge in [-0.3, -0.25) is 0 Å². The van der Waals surface area contributed by atoms with Crippen LogP contribution >= 0.6 is 23.1 Å². The van der Waals surface area contributed by atoms with E-state index in [9.17, 15) is 4.79 Å². The zero-order chi connectivity index (χ0) is 10.8. The molecule has 2 aromatic rings. The van der Waals surface area contributed by atoms with Crippen molar-refractivity contribution in [3.63, 3.8) is 0 Å². The maximum Gasteiger partial charge on any atom is 0.347 e. The van der Waals surface area contributed by atoms with Crippen molar-refractivity contribution in [2.45, 2.75) is 9.50 Å². The Morgan fingerprint density at radius 2 is 2.47 bits per heavy atom. The number of aryl methyl sites for hydroxylation is 1. The first-order valence-electron chi connectivity index (χ1n) is 3.76. The highest BCUT2D eigenvalue weighted by molar-refractivity contribution is 8.00. The molecule has 0 radical (unpaired) electrons. The zero-order valence-corrected chi connectivity index (χ0v) is 9.12. The number of hydrogen-bond acceptors (Lipinski definition) is 7. The van der Waals surface area contributed by atoms with E-state index in [0.717, 1.165) is 11.3 Å². The predicted octanol–water partition coefficient (Wildman–Crippen LogP) is 0.516. The highest BCUT2D eigenvalue weighted by Crippen LogP contribution is 2.28. The van der Waals surface area contributed by atoms with Gasteiger partial charge in [-0.25, -0.2) is 14.5 Å². The summed E-state index contributed by atoms with van der Waals surface area (Å²) in [6.45, 7) is 0. The van der Waals surface area contributed by atoms with Gasteiger partial charge in [0.05, 0.1) is 6.20 Å². The Bertz CT molecular complexity index is 493. The van der Waals surface area contributed by atoms with Crippen molar-refractivity contribution in [1.82, 2.24) is 25.2 Å². The fourth-order valence-corrected chi connectivity index (χ4v) is 2.44. The number of hydrogen-bond donors (Lipinski definition) is 1. The van der Waals surface area contributed by atoms with Crippen LogP contribution in [0.3, 0.4) is 0 Å². The van der Waals surface area contributed by atoms with Gasteiger partial charge in [-0.15, -0.1) is 16.4 Å². The van der Waals surface area contributed by atoms with Crippen LogP contribution in [0.4, 0.5) is 0 Å². The Morgan fingerprint density at radius 3 is 3.00 bits per heavy atom. The molecule has 7 nitrogen and oxygen atoms in total. The normalized spacial score (nSPS) is 10.5. The third-order valence-corrected chi connectivity index (χ3v) is 3.54. The number of thiazole rings is 1. The first-order chi connectivity index (χ1) is 7.16. The molecule has 0 unspecified atom stereocenters. The van der Waals surface area contributed by atoms with Crippen LogP contribution < -0.4 is 0 Å². The van der Waals surface area contributed by atoms with Crippen molar-refractivity contribution in [2.75, 3.05) is 0 Å². The lowest BCUT2D eigenvalue weighted by atomic mass is 10.6. The molecule has 1 N–H and O–H groups in total. The monoisotopic (exact) mass is 243 g/mol. The lowest BCUT2D eigenvalue weighted by Crippen LogP contribution is -1.92. The standard InChI is InChI=1S/C6H5N5O2S2/c1-11-5(8-9-10-11)15-6-7-2-3(14-6)4(12)13/h2H,1H3,(H,12,13). The van der Waals surface area contributed by atoms with E-state index in [-0.39, 0.29) is 4.88 Å². The van der Waals surface area contributed by atoms with E-state index in [1.807, 2.05) is 0 Å². The van der Waals surface area contributed by atoms with E-state index in [2.05, 4.69) is 20.5 Å². The maximum atomic E-state index is 10.6. The number of carbonyl (C=O) groups is 1. The Hall–Kier alpha value is -1.48. The Kier molecular flexibility index (Phi) is 2.64. The van der Waals surface area contributed by atoms with Gasteiger partial charge < -0.3 is 5.11 Å². The summed E-state index contributed by atoms with van der Waals surface area (Å²) in [5, 5.41) is 20.1. The van der Waals surface area contributed by atoms with Crippen molar-refractivity contribution in [3.8, 4) is 0 Å². The van der Waals surface area contributed by atoms with Gasteiger partial charge in [0.1, 0.15) is 4.88 Å². The fraction of sp³-hybridized carbons (Fsp3) is 0.167. The number of carboxylic acids is 1. The molecule has 2 rings (SSSR count). The van der Waals surface area contributed by atoms with Crippen molar-refractivity contribution < 1.29 is 9.90 Å². The molecule has 15 heavy (non-hydrogen) atoms. The molecule has 0 atom stereocenters. The van der Waals surface area contributed by atoms with E-state index >= 15 is 0 Å². The van der Waals surface area contributed by atoms with Gasteiger partial charge in [0.15, 0.2) is 4.34 Å². The second-order valence-electron chi connectivity index (χ2n) is 2.48. The molecular weight excluding hydrogens is 238 g/mol. The average molecular weight is 243 g/mol. The van der Waals surface area contributed by atoms with Gasteiger partial charge in [0.25, 0.3) is 0 Å². The van der Waals surface area contributed by atoms with E-state index in [4.69, 9.17) is 5.11 Å². The number of aromatic nitrogens is 5. The largest absolute Gasteiger partial charge is 0.477 e. The van der Waals surface area contributed by atoms with Crippen molar-refractivity contribution in [2.24, 2.45) is 7.05 Å². The van der Waals surface area contributed by atoms with Crippen LogP contribution in [0, 0.1) is 0 Å². The summed E-state index contributed by atoms with van der Waals surface area (Å²) < 4.78 is 2.09. The first kappa shape index (κ1) is 10.1. The third-order valence-electron chi connectivity index (χ3n) is 1.46. The number of carboxylic acid groups (broad SMARTS) is 1. The van der Waals surface area contributed by atoms with E-state index in [1.54, 1.807) is 7.05 Å². The molecule has 0 saturated carbocycles. The van der Waals surface area contributed by atoms with Crippen molar-refractivity contribution >= 4 is 29.1 Å². The summed E-state index contributed by atoms with van der Waals surface area (Å²) in [4.78, 5) is 14.7. The van der Waals surface area contributed by atoms with Crippen molar-refractivity contribution in [1.29, 1.82) is 0 Å². The van der Waals surface area contributed by atoms with E-state index in [0.29, 0.717) is 9.50 Å². The summed E-state index contributed by atoms with van der Waals surface area (Å²) in [5.41, 5.74) is 0. The molecule has 0 aliphatic carbocycles. The van der Waals surface area contributed by atoms with Crippen LogP contribution in [0.2, 0.25) is 0 Å². The predicted molar refractivity (Wildman–Crippen MR) is 52.0 cm³/mol. The van der Waals surface area contributed by atoms with Crippen LogP contribution in [0.15, 0.2) is 15.7 Å². The van der Waals surface area contributed by atoms with Crippen LogP contribution in [-0.2, 0) is 7.05 Å². The Balaban J connectivity index is 2.18. The van der Waals surface area contributed by atoms with Gasteiger partial charge in [0.2, 0.25) is 5.16 Å². The fourth-order valence-electron chi connectivity index (χ4n) is 0.790. The molecule has 0 aromatic carbocycles. The second-order valence-corrected chi connectivity index (χ2v) is 4.73. The molecule has 78 valence electrons. The number of aromatic carboxylic acids is 1. The van der Waals surface area contributed by atoms with Crippen LogP contribution in [0.1, 0.15) is 9.67 Å². The highest BCUT2D eigenvalue weighted by atomic mass is 32.2. The minimum Gasteiger partial charge on any atom is -0.477 e. The van der Waals surface area contributed by atoms with Crippen molar-refractivity contribution in [3.05, 3.63) is 11.1 Å². The van der Waals surface area contributed by atoms with Crippen LogP contribution in [-0.4, -0.2) is 36.3 Å². The smallest absolute Gasteiger partial charge is 0.347 e. The Labute approximate surface area is 92.1 Å². The van der Waals surface area contributed by atoms with Gasteiger partial charge in [0, 0.05) is 7.05 Å². The molecule has 0 fully saturated rings. The molecule has 0 saturated heterocycles. The summed E-state index contributed by atoms with van der Waals surface area (Å²) in [5.74, 6) is -0.976. The van der Waals surface area contributed by atoms with Crippen LogP contribution in [0.25, 0.3) is 0 Å². The maximum absolute atomic E-state index is 10.6. The third kappa shape index (κ3) is 2.13. The topological polar surface area (TPSA) is 93.8 Å². The zero-order valence-electron chi connectivity index (χ0n) is 7.49. The lowest BCUT2D eigenvalue weighted by molar-refractivity contribution is 0.0702. The minimum atomic E-state index is -0.976. The molecule has 0 aliphatic heterocycles. The number of tetrazole rings is 1. The van der Waals surface area contributed by atoms with Gasteiger partial charge in [-0.1, -0.05) is 0 Å². The number of rotatable bonds is 3. The summed E-state index contributed by atoms with van der Waals surface area (Å²) in [6.07, 6.45) is 1.32. The lowest BCUT2D eigenvalue weighted by Gasteiger charge is -1.92. The van der Waals surface area contributed by atoms with Crippen LogP contribution in [0.5, 0.6) is 0 Å². The quantitative estimate of drug-likeness (QED) is 0.839. The molecule has 0 aliphatic rings. The molecule has 0 spiro atoms. The highest BCUT2D eigenvalue weighted by Gasteiger charge is 2.12. The molecule has 2 heterocycles. The summed E-state index contributed by atoms with van der Waals surface area (Å²) in [6, 6.07) is 0. The second kappa shape index (κ2) is 3.95.